The summed E-state index contributed by atoms with van der Waals surface area (Å²) in [6.45, 7) is 6.69. The number of Topliss-reactive ketones (excluding diaryl/α,β-unsaturated/α-hetero) is 1. The van der Waals surface area contributed by atoms with Gasteiger partial charge in [0, 0.05) is 6.08 Å². The summed E-state index contributed by atoms with van der Waals surface area (Å²) >= 11 is 0. The predicted molar refractivity (Wildman–Crippen MR) is 227 cm³/mol. The molecule has 4 aliphatic rings. The first kappa shape index (κ1) is 63.3. The lowest BCUT2D eigenvalue weighted by atomic mass is 10.2. The highest BCUT2D eigenvalue weighted by Gasteiger charge is 2.34. The summed E-state index contributed by atoms with van der Waals surface area (Å²) in [7, 11) is -3.71. The number of rotatable bonds is 21. The van der Waals surface area contributed by atoms with E-state index >= 15 is 0 Å². The summed E-state index contributed by atoms with van der Waals surface area (Å²) in [5, 5.41) is 32.5. The number of allylic oxidation sites excluding steroid dienone is 1. The van der Waals surface area contributed by atoms with Crippen molar-refractivity contribution in [2.45, 2.75) is 96.7 Å². The van der Waals surface area contributed by atoms with Gasteiger partial charge >= 0.3 is 17.9 Å². The third-order valence-corrected chi connectivity index (χ3v) is 10.1. The minimum Gasteiger partial charge on any atom is -0.466 e. The van der Waals surface area contributed by atoms with E-state index in [4.69, 9.17) is 24.1 Å². The van der Waals surface area contributed by atoms with Crippen molar-refractivity contribution < 1.29 is 114 Å². The molecule has 0 amide bonds. The van der Waals surface area contributed by atoms with Crippen LogP contribution in [0.5, 0.6) is 0 Å². The Kier molecular flexibility index (Phi) is 26.3. The van der Waals surface area contributed by atoms with Crippen molar-refractivity contribution >= 4 is 33.8 Å². The Morgan fingerprint density at radius 3 is 1.47 bits per heavy atom. The summed E-state index contributed by atoms with van der Waals surface area (Å²) in [6, 6.07) is -0.880. The zero-order valence-corrected chi connectivity index (χ0v) is 40.9. The predicted octanol–water partition coefficient (Wildman–Crippen LogP) is 2.97. The summed E-state index contributed by atoms with van der Waals surface area (Å²) in [5.74, 6) is -3.95. The number of halogens is 10. The van der Waals surface area contributed by atoms with Crippen molar-refractivity contribution in [2.24, 2.45) is 0 Å². The van der Waals surface area contributed by atoms with Gasteiger partial charge in [-0.2, -0.15) is 8.42 Å². The van der Waals surface area contributed by atoms with Crippen LogP contribution in [0.2, 0.25) is 0 Å². The minimum absolute atomic E-state index is 0.0631. The van der Waals surface area contributed by atoms with E-state index < -0.39 is 108 Å². The Labute approximate surface area is 419 Å². The monoisotopic (exact) mass is 1120 g/mol. The molecule has 2 N–H and O–H groups in total. The summed E-state index contributed by atoms with van der Waals surface area (Å²) in [5.41, 5.74) is -2.31. The molecule has 0 unspecified atom stereocenters. The number of ketones is 1. The number of hydrogen-bond acceptors (Lipinski definition) is 22. The number of esters is 3. The SMILES string of the molecule is CCOC(=O)C=C(NC1COC1)C(F)F.CCOC(=O)CC(=O)C(F)F.CCOC(=O)c1nnn(C2COC2)c1C(F)F.CS(=O)(=O)OCc1nnn(C2COC2)c1C(F)F.OCc1nnn(C2COC2)c1C(F)F. The molecule has 0 saturated carbocycles. The average molecular weight is 1120 g/mol. The van der Waals surface area contributed by atoms with E-state index in [1.807, 2.05) is 0 Å². The van der Waals surface area contributed by atoms with Crippen LogP contribution < -0.4 is 5.32 Å². The number of alkyl halides is 10. The molecule has 3 aromatic rings. The van der Waals surface area contributed by atoms with Crippen LogP contribution in [0.1, 0.15) is 104 Å². The highest BCUT2D eigenvalue weighted by molar-refractivity contribution is 7.85. The number of aliphatic hydroxyl groups is 1. The van der Waals surface area contributed by atoms with Gasteiger partial charge in [0.1, 0.15) is 59.6 Å². The van der Waals surface area contributed by atoms with Gasteiger partial charge in [-0.25, -0.2) is 67.5 Å². The zero-order valence-electron chi connectivity index (χ0n) is 40.0. The molecule has 0 atom stereocenters. The fourth-order valence-electron chi connectivity index (χ4n) is 5.71. The topological polar surface area (TPSA) is 301 Å². The Morgan fingerprint density at radius 1 is 0.653 bits per heavy atom. The molecule has 36 heteroatoms. The van der Waals surface area contributed by atoms with E-state index in [-0.39, 0.29) is 74.3 Å². The van der Waals surface area contributed by atoms with Crippen LogP contribution in [-0.4, -0.2) is 180 Å². The molecule has 7 rings (SSSR count). The lowest BCUT2D eigenvalue weighted by Gasteiger charge is -2.28. The van der Waals surface area contributed by atoms with Crippen molar-refractivity contribution in [2.75, 3.05) is 78.9 Å². The number of aromatic nitrogens is 9. The number of nitrogens with zero attached hydrogens (tertiary/aromatic N) is 9. The molecule has 0 aromatic carbocycles. The first-order valence-corrected chi connectivity index (χ1v) is 23.8. The molecule has 75 heavy (non-hydrogen) atoms. The quantitative estimate of drug-likeness (QED) is 0.0387. The molecule has 4 saturated heterocycles. The number of ether oxygens (including phenoxy) is 7. The Hall–Kier alpha value is -5.95. The summed E-state index contributed by atoms with van der Waals surface area (Å²) in [6.07, 6.45) is -13.3. The number of aliphatic hydroxyl groups excluding tert-OH is 1. The highest BCUT2D eigenvalue weighted by Crippen LogP contribution is 2.30. The number of hydrogen-bond donors (Lipinski definition) is 2. The third kappa shape index (κ3) is 19.9. The molecule has 0 radical (unpaired) electrons. The second-order valence-corrected chi connectivity index (χ2v) is 16.7. The maximum absolute atomic E-state index is 12.9. The molecule has 424 valence electrons. The van der Waals surface area contributed by atoms with Crippen molar-refractivity contribution in [3.63, 3.8) is 0 Å². The van der Waals surface area contributed by atoms with Gasteiger partial charge in [0.25, 0.3) is 42.2 Å². The van der Waals surface area contributed by atoms with Gasteiger partial charge in [0.05, 0.1) is 97.3 Å². The number of carbonyl (C=O) groups is 4. The minimum atomic E-state index is -3.71. The van der Waals surface area contributed by atoms with Crippen molar-refractivity contribution in [1.82, 2.24) is 50.3 Å². The summed E-state index contributed by atoms with van der Waals surface area (Å²) < 4.78 is 187. The van der Waals surface area contributed by atoms with Gasteiger partial charge in [-0.1, -0.05) is 15.6 Å². The lowest BCUT2D eigenvalue weighted by Crippen LogP contribution is -2.46. The lowest BCUT2D eigenvalue weighted by molar-refractivity contribution is -0.148. The molecular weight excluding hydrogens is 1070 g/mol. The Balaban J connectivity index is 0.000000249. The fraction of sp³-hybridized carbons (Fsp3) is 0.692. The van der Waals surface area contributed by atoms with E-state index in [1.165, 1.54) is 6.92 Å². The normalized spacial score (nSPS) is 15.9. The van der Waals surface area contributed by atoms with Crippen LogP contribution in [0.25, 0.3) is 0 Å². The molecule has 4 fully saturated rings. The van der Waals surface area contributed by atoms with Crippen molar-refractivity contribution in [3.05, 3.63) is 45.9 Å². The van der Waals surface area contributed by atoms with Gasteiger partial charge in [0.2, 0.25) is 5.78 Å². The third-order valence-electron chi connectivity index (χ3n) is 9.56. The molecule has 4 aliphatic heterocycles. The Morgan fingerprint density at radius 2 is 1.09 bits per heavy atom. The van der Waals surface area contributed by atoms with Gasteiger partial charge in [0.15, 0.2) is 5.69 Å². The average Bonchev–Trinajstić information content (AvgIpc) is 4.01. The van der Waals surface area contributed by atoms with Crippen molar-refractivity contribution in [3.8, 4) is 0 Å². The standard InChI is InChI=1S/C9H11F2N3O3.C9H13F2NO3.C8H11F2N3O4S.C7H9F2N3O2.C6H8F2O3/c1-2-17-9(15)6-7(8(10)11)14(13-12-6)5-3-16-4-5;1-2-15-8(13)3-7(9(10)11)12-6-4-14-5-6;1-18(14,15)17-4-6-7(8(9)10)13(12-11-6)5-2-16-3-5;8-7(9)6-5(1-13)10-11-12(6)4-2-14-3-4;1-2-11-5(10)3-4(9)6(7)8/h5,8H,2-4H2,1H3;3,6,9,12H,2,4-5H2,1H3;5,8H,2-4H2,1H3;4,7,13H,1-3H2;6H,2-3H2,1H3. The number of carbonyl (C=O) groups excluding carboxylic acids is 4. The highest BCUT2D eigenvalue weighted by atomic mass is 32.2. The van der Waals surface area contributed by atoms with Crippen LogP contribution in [-0.2, 0) is 75.1 Å². The Bertz CT molecular complexity index is 2420. The van der Waals surface area contributed by atoms with E-state index in [1.54, 1.807) is 13.8 Å². The van der Waals surface area contributed by atoms with Crippen LogP contribution >= 0.6 is 0 Å². The van der Waals surface area contributed by atoms with E-state index in [9.17, 15) is 71.5 Å². The largest absolute Gasteiger partial charge is 0.466 e. The molecule has 25 nitrogen and oxygen atoms in total. The summed E-state index contributed by atoms with van der Waals surface area (Å²) in [4.78, 5) is 42.9. The smallest absolute Gasteiger partial charge is 0.361 e. The fourth-order valence-corrected chi connectivity index (χ4v) is 6.04. The van der Waals surface area contributed by atoms with Crippen LogP contribution in [0, 0.1) is 0 Å². The maximum atomic E-state index is 12.9. The van der Waals surface area contributed by atoms with Gasteiger partial charge in [-0.15, -0.1) is 15.3 Å². The molecule has 0 spiro atoms. The molecule has 3 aromatic heterocycles. The van der Waals surface area contributed by atoms with E-state index in [2.05, 4.69) is 54.6 Å². The van der Waals surface area contributed by atoms with E-state index in [0.29, 0.717) is 39.6 Å². The van der Waals surface area contributed by atoms with Crippen LogP contribution in [0.15, 0.2) is 11.8 Å². The molecule has 7 heterocycles. The number of nitrogens with one attached hydrogen (secondary N) is 1. The maximum Gasteiger partial charge on any atom is 0.361 e. The molecule has 0 bridgehead atoms. The second kappa shape index (κ2) is 31.2. The van der Waals surface area contributed by atoms with Crippen molar-refractivity contribution in [1.29, 1.82) is 0 Å². The second-order valence-electron chi connectivity index (χ2n) is 15.1. The first-order valence-electron chi connectivity index (χ1n) is 22.0. The van der Waals surface area contributed by atoms with E-state index in [0.717, 1.165) is 26.4 Å². The van der Waals surface area contributed by atoms with Gasteiger partial charge < -0.3 is 43.6 Å². The molecule has 0 aliphatic carbocycles. The van der Waals surface area contributed by atoms with Gasteiger partial charge in [-0.05, 0) is 20.8 Å². The van der Waals surface area contributed by atoms with Gasteiger partial charge in [-0.3, -0.25) is 13.8 Å². The zero-order chi connectivity index (χ0) is 56.0. The molecular formula is C39H52F10N10O15S. The van der Waals surface area contributed by atoms with Crippen LogP contribution in [0.3, 0.4) is 0 Å². The van der Waals surface area contributed by atoms with Crippen LogP contribution in [0.4, 0.5) is 43.9 Å². The first-order chi connectivity index (χ1) is 35.5.